The number of primary amides is 1. The lowest BCUT2D eigenvalue weighted by Gasteiger charge is -2.16. The Hall–Kier alpha value is -3.35. The number of carbonyl (C=O) groups excluding carboxylic acids is 3. The van der Waals surface area contributed by atoms with Crippen LogP contribution in [0.2, 0.25) is 0 Å². The molecule has 2 aromatic rings. The fourth-order valence-electron chi connectivity index (χ4n) is 2.73. The smallest absolute Gasteiger partial charge is 0.262 e. The lowest BCUT2D eigenvalue weighted by Crippen LogP contribution is -2.24. The van der Waals surface area contributed by atoms with Gasteiger partial charge >= 0.3 is 0 Å². The highest BCUT2D eigenvalue weighted by Crippen LogP contribution is 2.25. The summed E-state index contributed by atoms with van der Waals surface area (Å²) < 4.78 is 5.51. The molecule has 1 saturated heterocycles. The van der Waals surface area contributed by atoms with Crippen molar-refractivity contribution in [3.63, 3.8) is 0 Å². The molecule has 1 aliphatic rings. The zero-order valence-electron chi connectivity index (χ0n) is 14.1. The summed E-state index contributed by atoms with van der Waals surface area (Å²) in [6, 6.07) is 13.4. The molecule has 7 nitrogen and oxygen atoms in total. The number of benzene rings is 2. The summed E-state index contributed by atoms with van der Waals surface area (Å²) in [5.41, 5.74) is 6.85. The van der Waals surface area contributed by atoms with E-state index in [-0.39, 0.29) is 18.4 Å². The Kier molecular flexibility index (Phi) is 5.17. The van der Waals surface area contributed by atoms with Crippen molar-refractivity contribution in [3.8, 4) is 5.75 Å². The quantitative estimate of drug-likeness (QED) is 0.828. The van der Waals surface area contributed by atoms with Gasteiger partial charge in [0.1, 0.15) is 5.75 Å². The van der Waals surface area contributed by atoms with Crippen molar-refractivity contribution >= 4 is 29.1 Å². The van der Waals surface area contributed by atoms with Crippen molar-refractivity contribution in [2.45, 2.75) is 12.8 Å². The number of nitrogens with one attached hydrogen (secondary N) is 1. The van der Waals surface area contributed by atoms with E-state index in [1.54, 1.807) is 35.2 Å². The fourth-order valence-corrected chi connectivity index (χ4v) is 2.73. The Labute approximate surface area is 150 Å². The standard InChI is InChI=1S/C19H19N3O4/c20-19(25)13-6-8-14(9-7-13)21-17(23)12-26-16-4-1-3-15(11-16)22-10-2-5-18(22)24/h1,3-4,6-9,11H,2,5,10,12H2,(H2,20,25)(H,21,23). The monoisotopic (exact) mass is 353 g/mol. The SMILES string of the molecule is NC(=O)c1ccc(NC(=O)COc2cccc(N3CCCC3=O)c2)cc1. The number of anilines is 2. The van der Waals surface area contributed by atoms with Crippen LogP contribution in [0.25, 0.3) is 0 Å². The highest BCUT2D eigenvalue weighted by atomic mass is 16.5. The molecule has 0 unspecified atom stereocenters. The number of carbonyl (C=O) groups is 3. The summed E-state index contributed by atoms with van der Waals surface area (Å²) in [6.45, 7) is 0.527. The van der Waals surface area contributed by atoms with Gasteiger partial charge in [0.25, 0.3) is 5.91 Å². The molecule has 7 heteroatoms. The van der Waals surface area contributed by atoms with E-state index in [1.807, 2.05) is 6.07 Å². The van der Waals surface area contributed by atoms with Gasteiger partial charge in [0.05, 0.1) is 0 Å². The number of amides is 3. The molecular formula is C19H19N3O4. The van der Waals surface area contributed by atoms with Crippen LogP contribution in [0.5, 0.6) is 5.75 Å². The molecular weight excluding hydrogens is 334 g/mol. The maximum Gasteiger partial charge on any atom is 0.262 e. The number of nitrogens with zero attached hydrogens (tertiary/aromatic N) is 1. The molecule has 1 heterocycles. The normalized spacial score (nSPS) is 13.5. The van der Waals surface area contributed by atoms with Crippen molar-refractivity contribution < 1.29 is 19.1 Å². The highest BCUT2D eigenvalue weighted by molar-refractivity contribution is 5.96. The first kappa shape index (κ1) is 17.5. The molecule has 0 spiro atoms. The van der Waals surface area contributed by atoms with Crippen LogP contribution in [0, 0.1) is 0 Å². The average Bonchev–Trinajstić information content (AvgIpc) is 3.07. The third kappa shape index (κ3) is 4.18. The van der Waals surface area contributed by atoms with Gasteiger partial charge in [-0.25, -0.2) is 0 Å². The van der Waals surface area contributed by atoms with Gasteiger partial charge in [0.2, 0.25) is 11.8 Å². The van der Waals surface area contributed by atoms with Gasteiger partial charge in [-0.3, -0.25) is 14.4 Å². The Balaban J connectivity index is 1.56. The number of ether oxygens (including phenoxy) is 1. The third-order valence-electron chi connectivity index (χ3n) is 4.03. The first-order valence-electron chi connectivity index (χ1n) is 8.26. The van der Waals surface area contributed by atoms with Crippen LogP contribution in [0.15, 0.2) is 48.5 Å². The summed E-state index contributed by atoms with van der Waals surface area (Å²) in [5.74, 6) is -0.247. The van der Waals surface area contributed by atoms with Crippen molar-refractivity contribution in [3.05, 3.63) is 54.1 Å². The van der Waals surface area contributed by atoms with E-state index in [0.717, 1.165) is 12.1 Å². The molecule has 134 valence electrons. The fraction of sp³-hybridized carbons (Fsp3) is 0.211. The molecule has 0 aliphatic carbocycles. The Morgan fingerprint density at radius 2 is 1.92 bits per heavy atom. The van der Waals surface area contributed by atoms with E-state index >= 15 is 0 Å². The lowest BCUT2D eigenvalue weighted by atomic mass is 10.2. The average molecular weight is 353 g/mol. The first-order chi connectivity index (χ1) is 12.5. The topological polar surface area (TPSA) is 102 Å². The van der Waals surface area contributed by atoms with Gasteiger partial charge in [-0.15, -0.1) is 0 Å². The second-order valence-electron chi connectivity index (χ2n) is 5.92. The molecule has 26 heavy (non-hydrogen) atoms. The second kappa shape index (κ2) is 7.69. The lowest BCUT2D eigenvalue weighted by molar-refractivity contribution is -0.118. The summed E-state index contributed by atoms with van der Waals surface area (Å²) >= 11 is 0. The Morgan fingerprint density at radius 1 is 1.15 bits per heavy atom. The molecule has 3 N–H and O–H groups in total. The zero-order chi connectivity index (χ0) is 18.5. The van der Waals surface area contributed by atoms with E-state index in [2.05, 4.69) is 5.32 Å². The van der Waals surface area contributed by atoms with Crippen molar-refractivity contribution in [2.24, 2.45) is 5.73 Å². The minimum atomic E-state index is -0.525. The van der Waals surface area contributed by atoms with Gasteiger partial charge < -0.3 is 20.7 Å². The molecule has 3 rings (SSSR count). The van der Waals surface area contributed by atoms with E-state index in [0.29, 0.717) is 30.0 Å². The summed E-state index contributed by atoms with van der Waals surface area (Å²) in [6.07, 6.45) is 1.41. The van der Waals surface area contributed by atoms with Gasteiger partial charge in [-0.1, -0.05) is 6.07 Å². The van der Waals surface area contributed by atoms with Crippen LogP contribution >= 0.6 is 0 Å². The van der Waals surface area contributed by atoms with E-state index in [1.165, 1.54) is 12.1 Å². The number of nitrogens with two attached hydrogens (primary N) is 1. The van der Waals surface area contributed by atoms with Gasteiger partial charge in [-0.05, 0) is 42.8 Å². The Morgan fingerprint density at radius 3 is 2.58 bits per heavy atom. The first-order valence-corrected chi connectivity index (χ1v) is 8.26. The zero-order valence-corrected chi connectivity index (χ0v) is 14.1. The number of rotatable bonds is 6. The summed E-state index contributed by atoms with van der Waals surface area (Å²) in [4.78, 5) is 36.6. The van der Waals surface area contributed by atoms with Crippen LogP contribution in [-0.4, -0.2) is 30.9 Å². The van der Waals surface area contributed by atoms with Gasteiger partial charge in [-0.2, -0.15) is 0 Å². The van der Waals surface area contributed by atoms with Crippen molar-refractivity contribution in [2.75, 3.05) is 23.4 Å². The number of hydrogen-bond donors (Lipinski definition) is 2. The van der Waals surface area contributed by atoms with Crippen molar-refractivity contribution in [1.29, 1.82) is 0 Å². The highest BCUT2D eigenvalue weighted by Gasteiger charge is 2.21. The minimum absolute atomic E-state index is 0.0966. The minimum Gasteiger partial charge on any atom is -0.484 e. The molecule has 0 atom stereocenters. The Bertz CT molecular complexity index is 833. The van der Waals surface area contributed by atoms with E-state index in [4.69, 9.17) is 10.5 Å². The number of hydrogen-bond acceptors (Lipinski definition) is 4. The predicted molar refractivity (Wildman–Crippen MR) is 97.1 cm³/mol. The van der Waals surface area contributed by atoms with Crippen LogP contribution in [0.1, 0.15) is 23.2 Å². The summed E-state index contributed by atoms with van der Waals surface area (Å²) in [5, 5.41) is 2.67. The van der Waals surface area contributed by atoms with Gasteiger partial charge in [0, 0.05) is 36.0 Å². The molecule has 0 saturated carbocycles. The molecule has 0 radical (unpaired) electrons. The van der Waals surface area contributed by atoms with Crippen LogP contribution in [0.3, 0.4) is 0 Å². The van der Waals surface area contributed by atoms with Crippen LogP contribution in [0.4, 0.5) is 11.4 Å². The third-order valence-corrected chi connectivity index (χ3v) is 4.03. The molecule has 1 fully saturated rings. The maximum atomic E-state index is 12.0. The molecule has 0 aromatic heterocycles. The van der Waals surface area contributed by atoms with Crippen LogP contribution < -0.4 is 20.7 Å². The second-order valence-corrected chi connectivity index (χ2v) is 5.92. The maximum absolute atomic E-state index is 12.0. The van der Waals surface area contributed by atoms with Crippen LogP contribution in [-0.2, 0) is 9.59 Å². The van der Waals surface area contributed by atoms with E-state index in [9.17, 15) is 14.4 Å². The van der Waals surface area contributed by atoms with E-state index < -0.39 is 5.91 Å². The molecule has 1 aliphatic heterocycles. The summed E-state index contributed by atoms with van der Waals surface area (Å²) in [7, 11) is 0. The van der Waals surface area contributed by atoms with Gasteiger partial charge in [0.15, 0.2) is 6.61 Å². The predicted octanol–water partition coefficient (Wildman–Crippen LogP) is 1.93. The molecule has 2 aromatic carbocycles. The molecule has 0 bridgehead atoms. The molecule has 3 amide bonds. The van der Waals surface area contributed by atoms with Crippen molar-refractivity contribution in [1.82, 2.24) is 0 Å². The largest absolute Gasteiger partial charge is 0.484 e.